The van der Waals surface area contributed by atoms with Crippen molar-refractivity contribution in [1.82, 2.24) is 9.55 Å². The number of nitrogens with zero attached hydrogens (tertiary/aromatic N) is 2. The molecule has 0 aliphatic heterocycles. The molecule has 1 aliphatic carbocycles. The standard InChI is InChI=1S/C14H16N2O2/c1-2-13-15-10-5-3-4-6-12(10)16(13)11-8-7-9(11)14(17)18/h3-6,9,11H,2,7-8H2,1H3,(H,17,18). The van der Waals surface area contributed by atoms with Gasteiger partial charge < -0.3 is 9.67 Å². The lowest BCUT2D eigenvalue weighted by molar-refractivity contribution is -0.147. The van der Waals surface area contributed by atoms with Crippen molar-refractivity contribution in [2.45, 2.75) is 32.2 Å². The van der Waals surface area contributed by atoms with Crippen LogP contribution in [0.5, 0.6) is 0 Å². The van der Waals surface area contributed by atoms with Crippen LogP contribution in [0.4, 0.5) is 0 Å². The fraction of sp³-hybridized carbons (Fsp3) is 0.429. The molecule has 3 rings (SSSR count). The Bertz CT molecular complexity index is 603. The molecular weight excluding hydrogens is 228 g/mol. The van der Waals surface area contributed by atoms with Gasteiger partial charge in [0.15, 0.2) is 0 Å². The first-order valence-corrected chi connectivity index (χ1v) is 6.41. The van der Waals surface area contributed by atoms with E-state index < -0.39 is 5.97 Å². The normalized spacial score (nSPS) is 22.9. The van der Waals surface area contributed by atoms with Gasteiger partial charge in [0.1, 0.15) is 5.82 Å². The van der Waals surface area contributed by atoms with Crippen LogP contribution in [0.25, 0.3) is 11.0 Å². The number of aryl methyl sites for hydroxylation is 1. The van der Waals surface area contributed by atoms with E-state index in [1.165, 1.54) is 0 Å². The summed E-state index contributed by atoms with van der Waals surface area (Å²) in [5.74, 6) is 0.0474. The van der Waals surface area contributed by atoms with E-state index in [-0.39, 0.29) is 12.0 Å². The molecule has 1 N–H and O–H groups in total. The monoisotopic (exact) mass is 244 g/mol. The molecule has 4 heteroatoms. The molecule has 0 saturated heterocycles. The number of carboxylic acids is 1. The molecule has 1 saturated carbocycles. The van der Waals surface area contributed by atoms with Crippen molar-refractivity contribution < 1.29 is 9.90 Å². The van der Waals surface area contributed by atoms with Crippen LogP contribution in [-0.4, -0.2) is 20.6 Å². The van der Waals surface area contributed by atoms with Crippen molar-refractivity contribution >= 4 is 17.0 Å². The summed E-state index contributed by atoms with van der Waals surface area (Å²) in [7, 11) is 0. The zero-order valence-corrected chi connectivity index (χ0v) is 10.3. The summed E-state index contributed by atoms with van der Waals surface area (Å²) < 4.78 is 2.14. The number of aromatic nitrogens is 2. The number of benzene rings is 1. The van der Waals surface area contributed by atoms with Crippen LogP contribution in [0.1, 0.15) is 31.6 Å². The Labute approximate surface area is 105 Å². The maximum atomic E-state index is 11.2. The van der Waals surface area contributed by atoms with Crippen LogP contribution in [0.15, 0.2) is 24.3 Å². The molecule has 0 radical (unpaired) electrons. The van der Waals surface area contributed by atoms with Gasteiger partial charge in [-0.15, -0.1) is 0 Å². The lowest BCUT2D eigenvalue weighted by atomic mass is 9.79. The summed E-state index contributed by atoms with van der Waals surface area (Å²) in [5, 5.41) is 9.20. The Morgan fingerprint density at radius 1 is 1.44 bits per heavy atom. The molecule has 1 fully saturated rings. The number of aliphatic carboxylic acids is 1. The van der Waals surface area contributed by atoms with Gasteiger partial charge in [-0.2, -0.15) is 0 Å². The Hall–Kier alpha value is -1.84. The van der Waals surface area contributed by atoms with E-state index in [1.807, 2.05) is 24.3 Å². The maximum absolute atomic E-state index is 11.2. The second kappa shape index (κ2) is 4.12. The second-order valence-electron chi connectivity index (χ2n) is 4.83. The van der Waals surface area contributed by atoms with E-state index in [2.05, 4.69) is 16.5 Å². The number of hydrogen-bond acceptors (Lipinski definition) is 2. The fourth-order valence-corrected chi connectivity index (χ4v) is 2.79. The fourth-order valence-electron chi connectivity index (χ4n) is 2.79. The van der Waals surface area contributed by atoms with Crippen LogP contribution >= 0.6 is 0 Å². The molecule has 94 valence electrons. The molecule has 18 heavy (non-hydrogen) atoms. The Kier molecular flexibility index (Phi) is 2.58. The zero-order valence-electron chi connectivity index (χ0n) is 10.3. The van der Waals surface area contributed by atoms with Crippen molar-refractivity contribution in [1.29, 1.82) is 0 Å². The summed E-state index contributed by atoms with van der Waals surface area (Å²) in [5.41, 5.74) is 2.02. The third-order valence-electron chi connectivity index (χ3n) is 3.87. The molecule has 0 bridgehead atoms. The van der Waals surface area contributed by atoms with Crippen molar-refractivity contribution in [3.8, 4) is 0 Å². The van der Waals surface area contributed by atoms with Crippen molar-refractivity contribution in [3.63, 3.8) is 0 Å². The summed E-state index contributed by atoms with van der Waals surface area (Å²) in [6.45, 7) is 2.06. The maximum Gasteiger partial charge on any atom is 0.308 e. The van der Waals surface area contributed by atoms with Crippen LogP contribution < -0.4 is 0 Å². The highest BCUT2D eigenvalue weighted by Gasteiger charge is 2.39. The number of carboxylic acid groups (broad SMARTS) is 1. The SMILES string of the molecule is CCc1nc2ccccc2n1C1CCC1C(=O)O. The van der Waals surface area contributed by atoms with Crippen LogP contribution in [0, 0.1) is 5.92 Å². The van der Waals surface area contributed by atoms with Gasteiger partial charge >= 0.3 is 5.97 Å². The highest BCUT2D eigenvalue weighted by Crippen LogP contribution is 2.41. The average Bonchev–Trinajstić information content (AvgIpc) is 2.66. The van der Waals surface area contributed by atoms with Gasteiger partial charge in [0.05, 0.1) is 17.0 Å². The molecule has 4 nitrogen and oxygen atoms in total. The van der Waals surface area contributed by atoms with Crippen LogP contribution in [-0.2, 0) is 11.2 Å². The summed E-state index contributed by atoms with van der Waals surface area (Å²) in [6, 6.07) is 8.03. The van der Waals surface area contributed by atoms with E-state index in [0.29, 0.717) is 0 Å². The van der Waals surface area contributed by atoms with Gasteiger partial charge in [-0.05, 0) is 25.0 Å². The minimum Gasteiger partial charge on any atom is -0.481 e. The number of fused-ring (bicyclic) bond motifs is 1. The van der Waals surface area contributed by atoms with Gasteiger partial charge in [-0.1, -0.05) is 19.1 Å². The number of carbonyl (C=O) groups is 1. The highest BCUT2D eigenvalue weighted by molar-refractivity contribution is 5.77. The molecule has 2 aromatic rings. The summed E-state index contributed by atoms with van der Waals surface area (Å²) in [4.78, 5) is 15.8. The van der Waals surface area contributed by atoms with E-state index in [9.17, 15) is 9.90 Å². The first kappa shape index (κ1) is 11.3. The van der Waals surface area contributed by atoms with E-state index in [4.69, 9.17) is 0 Å². The first-order valence-electron chi connectivity index (χ1n) is 6.41. The minimum atomic E-state index is -0.689. The van der Waals surface area contributed by atoms with Crippen molar-refractivity contribution in [3.05, 3.63) is 30.1 Å². The van der Waals surface area contributed by atoms with Crippen molar-refractivity contribution in [2.24, 2.45) is 5.92 Å². The predicted octanol–water partition coefficient (Wildman–Crippen LogP) is 2.63. The summed E-state index contributed by atoms with van der Waals surface area (Å²) in [6.07, 6.45) is 2.54. The van der Waals surface area contributed by atoms with Gasteiger partial charge in [-0.25, -0.2) is 4.98 Å². The van der Waals surface area contributed by atoms with Gasteiger partial charge in [0, 0.05) is 12.5 Å². The minimum absolute atomic E-state index is 0.0739. The third-order valence-corrected chi connectivity index (χ3v) is 3.87. The average molecular weight is 244 g/mol. The molecule has 2 atom stereocenters. The largest absolute Gasteiger partial charge is 0.481 e. The molecule has 1 aliphatic rings. The van der Waals surface area contributed by atoms with E-state index >= 15 is 0 Å². The zero-order chi connectivity index (χ0) is 12.7. The van der Waals surface area contributed by atoms with Gasteiger partial charge in [-0.3, -0.25) is 4.79 Å². The smallest absolute Gasteiger partial charge is 0.308 e. The first-order chi connectivity index (χ1) is 8.72. The number of hydrogen-bond donors (Lipinski definition) is 1. The van der Waals surface area contributed by atoms with Gasteiger partial charge in [0.25, 0.3) is 0 Å². The van der Waals surface area contributed by atoms with Gasteiger partial charge in [0.2, 0.25) is 0 Å². The van der Waals surface area contributed by atoms with Crippen LogP contribution in [0.3, 0.4) is 0 Å². The predicted molar refractivity (Wildman–Crippen MR) is 68.5 cm³/mol. The Morgan fingerprint density at radius 3 is 2.83 bits per heavy atom. The quantitative estimate of drug-likeness (QED) is 0.903. The second-order valence-corrected chi connectivity index (χ2v) is 4.83. The molecule has 1 heterocycles. The molecule has 2 unspecified atom stereocenters. The molecule has 0 spiro atoms. The number of para-hydroxylation sites is 2. The topological polar surface area (TPSA) is 55.1 Å². The Balaban J connectivity index is 2.12. The van der Waals surface area contributed by atoms with Crippen molar-refractivity contribution in [2.75, 3.05) is 0 Å². The van der Waals surface area contributed by atoms with E-state index in [0.717, 1.165) is 36.1 Å². The van der Waals surface area contributed by atoms with Crippen LogP contribution in [0.2, 0.25) is 0 Å². The van der Waals surface area contributed by atoms with E-state index in [1.54, 1.807) is 0 Å². The lowest BCUT2D eigenvalue weighted by Gasteiger charge is -2.35. The molecule has 1 aromatic carbocycles. The highest BCUT2D eigenvalue weighted by atomic mass is 16.4. The third kappa shape index (κ3) is 1.52. The Morgan fingerprint density at radius 2 is 2.22 bits per heavy atom. The summed E-state index contributed by atoms with van der Waals surface area (Å²) >= 11 is 0. The number of imidazole rings is 1. The number of rotatable bonds is 3. The molecule has 0 amide bonds. The lowest BCUT2D eigenvalue weighted by Crippen LogP contribution is -2.35. The molecule has 1 aromatic heterocycles. The molecular formula is C14H16N2O2.